The first-order valence-electron chi connectivity index (χ1n) is 6.50. The van der Waals surface area contributed by atoms with Gasteiger partial charge in [-0.3, -0.25) is 4.57 Å². The van der Waals surface area contributed by atoms with Crippen molar-refractivity contribution < 1.29 is 18.2 Å². The van der Waals surface area contributed by atoms with Crippen molar-refractivity contribution in [3.63, 3.8) is 0 Å². The lowest BCUT2D eigenvalue weighted by molar-refractivity contribution is 0.0794. The van der Waals surface area contributed by atoms with Crippen LogP contribution in [-0.2, 0) is 10.2 Å². The fourth-order valence-corrected chi connectivity index (χ4v) is 4.57. The first-order chi connectivity index (χ1) is 10.4. The Morgan fingerprint density at radius 2 is 1.77 bits per heavy atom. The highest BCUT2D eigenvalue weighted by atomic mass is 32.7. The molecule has 0 aromatic heterocycles. The van der Waals surface area contributed by atoms with Gasteiger partial charge in [-0.2, -0.15) is 8.78 Å². The van der Waals surface area contributed by atoms with Gasteiger partial charge in [-0.25, -0.2) is 0 Å². The second kappa shape index (κ2) is 6.78. The average molecular weight is 340 g/mol. The van der Waals surface area contributed by atoms with Crippen LogP contribution in [-0.4, -0.2) is 10.6 Å². The van der Waals surface area contributed by atoms with Crippen molar-refractivity contribution in [1.29, 1.82) is 0 Å². The van der Waals surface area contributed by atoms with E-state index in [0.717, 1.165) is 5.56 Å². The molecule has 0 fully saturated rings. The molecular weight excluding hydrogens is 325 g/mol. The molecule has 0 bridgehead atoms. The molecule has 2 aromatic rings. The lowest BCUT2D eigenvalue weighted by atomic mass is 10.0. The third-order valence-electron chi connectivity index (χ3n) is 3.04. The molecule has 6 heteroatoms. The van der Waals surface area contributed by atoms with Crippen LogP contribution in [0.2, 0.25) is 0 Å². The van der Waals surface area contributed by atoms with Gasteiger partial charge in [0.2, 0.25) is 0 Å². The summed E-state index contributed by atoms with van der Waals surface area (Å²) in [7, 11) is 0. The molecule has 0 aliphatic heterocycles. The van der Waals surface area contributed by atoms with Crippen LogP contribution in [0.1, 0.15) is 5.56 Å². The van der Waals surface area contributed by atoms with Crippen LogP contribution >= 0.6 is 18.0 Å². The van der Waals surface area contributed by atoms with Gasteiger partial charge in [0, 0.05) is 11.3 Å². The van der Waals surface area contributed by atoms with E-state index >= 15 is 0 Å². The molecule has 1 atom stereocenters. The summed E-state index contributed by atoms with van der Waals surface area (Å²) < 4.78 is 40.7. The van der Waals surface area contributed by atoms with Crippen molar-refractivity contribution in [1.82, 2.24) is 0 Å². The third-order valence-corrected chi connectivity index (χ3v) is 6.93. The molecule has 1 unspecified atom stereocenters. The Labute approximate surface area is 132 Å². The lowest BCUT2D eigenvalue weighted by Gasteiger charge is -2.22. The summed E-state index contributed by atoms with van der Waals surface area (Å²) >= 11 is 0.325. The van der Waals surface area contributed by atoms with E-state index in [0.29, 0.717) is 16.9 Å². The van der Waals surface area contributed by atoms with Crippen LogP contribution in [0.25, 0.3) is 11.1 Å². The van der Waals surface area contributed by atoms with Crippen LogP contribution in [0, 0.1) is 0 Å². The molecule has 2 rings (SSSR count). The minimum absolute atomic E-state index is 0.0122. The Kier molecular flexibility index (Phi) is 5.22. The monoisotopic (exact) mass is 340 g/mol. The van der Waals surface area contributed by atoms with Crippen molar-refractivity contribution in [2.45, 2.75) is 5.66 Å². The molecule has 0 saturated heterocycles. The smallest absolute Gasteiger partial charge is 0.333 e. The Bertz CT molecular complexity index is 704. The van der Waals surface area contributed by atoms with Gasteiger partial charge in [-0.1, -0.05) is 66.0 Å². The molecule has 0 aliphatic carbocycles. The summed E-state index contributed by atoms with van der Waals surface area (Å²) in [6.07, 6.45) is 1.32. The summed E-state index contributed by atoms with van der Waals surface area (Å²) in [5.74, 6) is -0.0122. The zero-order valence-corrected chi connectivity index (χ0v) is 13.4. The highest BCUT2D eigenvalue weighted by Gasteiger charge is 2.51. The largest absolute Gasteiger partial charge is 0.355 e. The maximum atomic E-state index is 14.4. The lowest BCUT2D eigenvalue weighted by Crippen LogP contribution is -2.12. The highest BCUT2D eigenvalue weighted by molar-refractivity contribution is 8.56. The average Bonchev–Trinajstić information content (AvgIpc) is 2.54. The first-order valence-corrected chi connectivity index (χ1v) is 9.75. The van der Waals surface area contributed by atoms with Gasteiger partial charge in [0.25, 0.3) is 0 Å². The standard InChI is InChI=1S/C16H15F2O2PS/c1-2-11-22-21(19,20)16(17,18)15-10-6-9-14(12-15)13-7-4-3-5-8-13/h2-10,12H,1,11H2,(H,19,20). The minimum atomic E-state index is -4.73. The summed E-state index contributed by atoms with van der Waals surface area (Å²) in [5.41, 5.74) is -2.93. The minimum Gasteiger partial charge on any atom is -0.333 e. The Hall–Kier alpha value is -1.42. The maximum absolute atomic E-state index is 14.4. The molecule has 0 heterocycles. The molecule has 0 saturated carbocycles. The molecule has 0 aliphatic rings. The quantitative estimate of drug-likeness (QED) is 0.557. The Balaban J connectivity index is 2.40. The number of alkyl halides is 2. The molecule has 0 amide bonds. The Morgan fingerprint density at radius 3 is 2.41 bits per heavy atom. The SMILES string of the molecule is C=CCSP(=O)(O)C(F)(F)c1cccc(-c2ccccc2)c1. The summed E-state index contributed by atoms with van der Waals surface area (Å²) in [4.78, 5) is 9.71. The van der Waals surface area contributed by atoms with Crippen LogP contribution in [0.4, 0.5) is 8.78 Å². The van der Waals surface area contributed by atoms with E-state index in [1.165, 1.54) is 24.3 Å². The number of benzene rings is 2. The van der Waals surface area contributed by atoms with Gasteiger partial charge in [-0.15, -0.1) is 6.58 Å². The highest BCUT2D eigenvalue weighted by Crippen LogP contribution is 2.70. The van der Waals surface area contributed by atoms with E-state index in [2.05, 4.69) is 6.58 Å². The molecule has 22 heavy (non-hydrogen) atoms. The zero-order chi connectivity index (χ0) is 16.2. The number of rotatable bonds is 6. The second-order valence-corrected chi connectivity index (χ2v) is 9.05. The second-order valence-electron chi connectivity index (χ2n) is 4.59. The van der Waals surface area contributed by atoms with Crippen molar-refractivity contribution in [3.05, 3.63) is 72.8 Å². The van der Waals surface area contributed by atoms with E-state index < -0.39 is 17.8 Å². The van der Waals surface area contributed by atoms with E-state index in [-0.39, 0.29) is 5.75 Å². The van der Waals surface area contributed by atoms with Crippen molar-refractivity contribution >= 4 is 18.0 Å². The van der Waals surface area contributed by atoms with Crippen molar-refractivity contribution in [3.8, 4) is 11.1 Å². The van der Waals surface area contributed by atoms with Gasteiger partial charge in [0.15, 0.2) is 0 Å². The number of hydrogen-bond donors (Lipinski definition) is 1. The van der Waals surface area contributed by atoms with Crippen molar-refractivity contribution in [2.75, 3.05) is 5.75 Å². The molecule has 2 nitrogen and oxygen atoms in total. The molecule has 1 N–H and O–H groups in total. The zero-order valence-electron chi connectivity index (χ0n) is 11.7. The third kappa shape index (κ3) is 3.49. The molecular formula is C16H15F2O2PS. The van der Waals surface area contributed by atoms with Crippen LogP contribution in [0.5, 0.6) is 0 Å². The molecule has 2 aromatic carbocycles. The van der Waals surface area contributed by atoms with Crippen LogP contribution in [0.3, 0.4) is 0 Å². The Morgan fingerprint density at radius 1 is 1.14 bits per heavy atom. The van der Waals surface area contributed by atoms with Crippen molar-refractivity contribution in [2.24, 2.45) is 0 Å². The van der Waals surface area contributed by atoms with Crippen LogP contribution in [0.15, 0.2) is 67.3 Å². The summed E-state index contributed by atoms with van der Waals surface area (Å²) in [6, 6.07) is 14.6. The van der Waals surface area contributed by atoms with E-state index in [9.17, 15) is 18.2 Å². The predicted octanol–water partition coefficient (Wildman–Crippen LogP) is 5.51. The van der Waals surface area contributed by atoms with E-state index in [1.807, 2.05) is 6.07 Å². The number of hydrogen-bond acceptors (Lipinski definition) is 2. The van der Waals surface area contributed by atoms with E-state index in [1.54, 1.807) is 30.3 Å². The van der Waals surface area contributed by atoms with Gasteiger partial charge in [0.1, 0.15) is 0 Å². The maximum Gasteiger partial charge on any atom is 0.355 e. The van der Waals surface area contributed by atoms with Gasteiger partial charge >= 0.3 is 12.2 Å². The fraction of sp³-hybridized carbons (Fsp3) is 0.125. The molecule has 0 spiro atoms. The first kappa shape index (κ1) is 16.9. The normalized spacial score (nSPS) is 14.3. The topological polar surface area (TPSA) is 37.3 Å². The van der Waals surface area contributed by atoms with E-state index in [4.69, 9.17) is 0 Å². The number of halogens is 2. The van der Waals surface area contributed by atoms with Gasteiger partial charge in [0.05, 0.1) is 0 Å². The fourth-order valence-electron chi connectivity index (χ4n) is 1.91. The molecule has 0 radical (unpaired) electrons. The predicted molar refractivity (Wildman–Crippen MR) is 88.3 cm³/mol. The summed E-state index contributed by atoms with van der Waals surface area (Å²) in [5, 5.41) is 0. The van der Waals surface area contributed by atoms with Gasteiger partial charge in [-0.05, 0) is 17.2 Å². The van der Waals surface area contributed by atoms with Gasteiger partial charge < -0.3 is 4.89 Å². The summed E-state index contributed by atoms with van der Waals surface area (Å²) in [6.45, 7) is -1.36. The van der Waals surface area contributed by atoms with Crippen LogP contribution < -0.4 is 0 Å². The molecule has 116 valence electrons.